The van der Waals surface area contributed by atoms with Gasteiger partial charge in [-0.1, -0.05) is 12.1 Å². The first kappa shape index (κ1) is 13.7. The van der Waals surface area contributed by atoms with E-state index in [0.717, 1.165) is 24.4 Å². The van der Waals surface area contributed by atoms with Crippen LogP contribution in [0.5, 0.6) is 5.75 Å². The van der Waals surface area contributed by atoms with Gasteiger partial charge in [0.15, 0.2) is 0 Å². The number of benzene rings is 1. The number of fused-ring (bicyclic) bond motifs is 1. The molecule has 5 nitrogen and oxygen atoms in total. The molecule has 21 heavy (non-hydrogen) atoms. The fourth-order valence-electron chi connectivity index (χ4n) is 2.69. The lowest BCUT2D eigenvalue weighted by Crippen LogP contribution is -2.23. The molecule has 1 aromatic heterocycles. The fraction of sp³-hybridized carbons (Fsp3) is 0.375. The number of nitrogens with one attached hydrogen (secondary N) is 2. The molecule has 0 atom stereocenters. The second kappa shape index (κ2) is 5.99. The zero-order valence-corrected chi connectivity index (χ0v) is 12.1. The number of imidazole rings is 1. The molecule has 0 aliphatic heterocycles. The molecule has 3 rings (SSSR count). The van der Waals surface area contributed by atoms with Crippen LogP contribution < -0.4 is 10.1 Å². The number of aromatic amines is 1. The summed E-state index contributed by atoms with van der Waals surface area (Å²) in [7, 11) is 1.56. The number of para-hydroxylation sites is 1. The van der Waals surface area contributed by atoms with E-state index in [1.165, 1.54) is 18.5 Å². The summed E-state index contributed by atoms with van der Waals surface area (Å²) >= 11 is 0. The molecule has 1 heterocycles. The molecule has 2 aromatic rings. The van der Waals surface area contributed by atoms with Gasteiger partial charge < -0.3 is 15.0 Å². The number of methoxy groups -OCH3 is 1. The maximum Gasteiger partial charge on any atom is 0.255 e. The molecule has 110 valence electrons. The van der Waals surface area contributed by atoms with E-state index >= 15 is 0 Å². The predicted octanol–water partition coefficient (Wildman–Crippen LogP) is 2.23. The number of rotatable bonds is 4. The molecule has 2 N–H and O–H groups in total. The zero-order valence-electron chi connectivity index (χ0n) is 12.1. The van der Waals surface area contributed by atoms with E-state index < -0.39 is 0 Å². The third-order valence-corrected chi connectivity index (χ3v) is 3.77. The third-order valence-electron chi connectivity index (χ3n) is 3.77. The van der Waals surface area contributed by atoms with Gasteiger partial charge in [-0.25, -0.2) is 4.98 Å². The molecule has 1 aromatic carbocycles. The largest absolute Gasteiger partial charge is 0.496 e. The Kier molecular flexibility index (Phi) is 3.90. The van der Waals surface area contributed by atoms with Crippen molar-refractivity contribution in [1.82, 2.24) is 15.3 Å². The lowest BCUT2D eigenvalue weighted by molar-refractivity contribution is 0.0947. The number of ether oxygens (including phenoxy) is 1. The average molecular weight is 285 g/mol. The normalized spacial score (nSPS) is 13.6. The highest BCUT2D eigenvalue weighted by Gasteiger charge is 2.15. The minimum atomic E-state index is -0.151. The van der Waals surface area contributed by atoms with E-state index in [2.05, 4.69) is 15.3 Å². The smallest absolute Gasteiger partial charge is 0.255 e. The number of carbonyl (C=O) groups excluding carboxylic acids is 1. The predicted molar refractivity (Wildman–Crippen MR) is 79.4 cm³/mol. The van der Waals surface area contributed by atoms with Crippen LogP contribution in [0.3, 0.4) is 0 Å². The van der Waals surface area contributed by atoms with Crippen molar-refractivity contribution in [2.24, 2.45) is 0 Å². The van der Waals surface area contributed by atoms with Crippen molar-refractivity contribution < 1.29 is 9.53 Å². The Morgan fingerprint density at radius 2 is 2.14 bits per heavy atom. The van der Waals surface area contributed by atoms with Crippen molar-refractivity contribution in [2.45, 2.75) is 32.2 Å². The summed E-state index contributed by atoms with van der Waals surface area (Å²) in [4.78, 5) is 20.1. The molecule has 1 aliphatic rings. The summed E-state index contributed by atoms with van der Waals surface area (Å²) in [5, 5.41) is 2.89. The standard InChI is InChI=1S/C16H19N3O2/c1-21-14-9-5-2-6-11(14)16(20)17-10-15-18-12-7-3-4-8-13(12)19-15/h2,5-6,9H,3-4,7-8,10H2,1H3,(H,17,20)(H,18,19). The van der Waals surface area contributed by atoms with Crippen molar-refractivity contribution in [3.63, 3.8) is 0 Å². The number of nitrogens with zero attached hydrogens (tertiary/aromatic N) is 1. The monoisotopic (exact) mass is 285 g/mol. The number of hydrogen-bond acceptors (Lipinski definition) is 3. The van der Waals surface area contributed by atoms with E-state index in [0.29, 0.717) is 17.9 Å². The zero-order chi connectivity index (χ0) is 14.7. The Labute approximate surface area is 123 Å². The SMILES string of the molecule is COc1ccccc1C(=O)NCc1nc2c([nH]1)CCCC2. The number of aromatic nitrogens is 2. The number of aryl methyl sites for hydroxylation is 2. The fourth-order valence-corrected chi connectivity index (χ4v) is 2.69. The summed E-state index contributed by atoms with van der Waals surface area (Å²) in [5.74, 6) is 1.25. The Morgan fingerprint density at radius 3 is 2.95 bits per heavy atom. The van der Waals surface area contributed by atoms with Crippen LogP contribution in [0.2, 0.25) is 0 Å². The van der Waals surface area contributed by atoms with Crippen LogP contribution in [-0.4, -0.2) is 23.0 Å². The molecule has 1 aliphatic carbocycles. The van der Waals surface area contributed by atoms with Crippen molar-refractivity contribution >= 4 is 5.91 Å². The van der Waals surface area contributed by atoms with Gasteiger partial charge in [-0.15, -0.1) is 0 Å². The molecule has 5 heteroatoms. The highest BCUT2D eigenvalue weighted by Crippen LogP contribution is 2.19. The van der Waals surface area contributed by atoms with Gasteiger partial charge in [-0.3, -0.25) is 4.79 Å². The molecule has 0 saturated heterocycles. The van der Waals surface area contributed by atoms with E-state index in [4.69, 9.17) is 4.74 Å². The van der Waals surface area contributed by atoms with Crippen LogP contribution in [0.1, 0.15) is 40.4 Å². The summed E-state index contributed by atoms with van der Waals surface area (Å²) < 4.78 is 5.20. The minimum absolute atomic E-state index is 0.151. The van der Waals surface area contributed by atoms with Crippen LogP contribution in [0.4, 0.5) is 0 Å². The first-order valence-corrected chi connectivity index (χ1v) is 7.26. The van der Waals surface area contributed by atoms with Gasteiger partial charge in [-0.2, -0.15) is 0 Å². The molecule has 0 unspecified atom stereocenters. The third kappa shape index (κ3) is 2.91. The van der Waals surface area contributed by atoms with Crippen LogP contribution in [0.25, 0.3) is 0 Å². The Balaban J connectivity index is 1.67. The second-order valence-electron chi connectivity index (χ2n) is 5.20. The number of carbonyl (C=O) groups is 1. The molecular weight excluding hydrogens is 266 g/mol. The summed E-state index contributed by atoms with van der Waals surface area (Å²) in [5.41, 5.74) is 2.92. The van der Waals surface area contributed by atoms with E-state index in [1.807, 2.05) is 12.1 Å². The van der Waals surface area contributed by atoms with Gasteiger partial charge in [-0.05, 0) is 37.8 Å². The van der Waals surface area contributed by atoms with Gasteiger partial charge in [0, 0.05) is 5.69 Å². The van der Waals surface area contributed by atoms with Crippen molar-refractivity contribution in [2.75, 3.05) is 7.11 Å². The number of amides is 1. The topological polar surface area (TPSA) is 67.0 Å². The first-order chi connectivity index (χ1) is 10.3. The first-order valence-electron chi connectivity index (χ1n) is 7.26. The minimum Gasteiger partial charge on any atom is -0.496 e. The van der Waals surface area contributed by atoms with Crippen LogP contribution in [-0.2, 0) is 19.4 Å². The summed E-state index contributed by atoms with van der Waals surface area (Å²) in [6, 6.07) is 7.20. The molecule has 0 spiro atoms. The number of hydrogen-bond donors (Lipinski definition) is 2. The molecule has 1 amide bonds. The van der Waals surface area contributed by atoms with Crippen molar-refractivity contribution in [3.8, 4) is 5.75 Å². The van der Waals surface area contributed by atoms with Gasteiger partial charge >= 0.3 is 0 Å². The lowest BCUT2D eigenvalue weighted by atomic mass is 10.0. The quantitative estimate of drug-likeness (QED) is 0.905. The van der Waals surface area contributed by atoms with E-state index in [9.17, 15) is 4.79 Å². The number of H-pyrrole nitrogens is 1. The van der Waals surface area contributed by atoms with Crippen LogP contribution in [0.15, 0.2) is 24.3 Å². The highest BCUT2D eigenvalue weighted by atomic mass is 16.5. The average Bonchev–Trinajstić information content (AvgIpc) is 2.95. The molecule has 0 saturated carbocycles. The molecule has 0 bridgehead atoms. The maximum absolute atomic E-state index is 12.2. The molecule has 0 radical (unpaired) electrons. The Bertz CT molecular complexity index is 625. The van der Waals surface area contributed by atoms with Gasteiger partial charge in [0.05, 0.1) is 24.9 Å². The Morgan fingerprint density at radius 1 is 1.33 bits per heavy atom. The van der Waals surface area contributed by atoms with Gasteiger partial charge in [0.1, 0.15) is 11.6 Å². The van der Waals surface area contributed by atoms with Crippen LogP contribution >= 0.6 is 0 Å². The second-order valence-corrected chi connectivity index (χ2v) is 5.20. The van der Waals surface area contributed by atoms with E-state index in [1.54, 1.807) is 19.2 Å². The Hall–Kier alpha value is -2.30. The summed E-state index contributed by atoms with van der Waals surface area (Å²) in [6.07, 6.45) is 4.50. The van der Waals surface area contributed by atoms with E-state index in [-0.39, 0.29) is 5.91 Å². The lowest BCUT2D eigenvalue weighted by Gasteiger charge is -2.08. The van der Waals surface area contributed by atoms with Crippen LogP contribution in [0, 0.1) is 0 Å². The maximum atomic E-state index is 12.2. The highest BCUT2D eigenvalue weighted by molar-refractivity contribution is 5.96. The molecule has 0 fully saturated rings. The van der Waals surface area contributed by atoms with Crippen molar-refractivity contribution in [3.05, 3.63) is 47.0 Å². The van der Waals surface area contributed by atoms with Gasteiger partial charge in [0.25, 0.3) is 5.91 Å². The van der Waals surface area contributed by atoms with Gasteiger partial charge in [0.2, 0.25) is 0 Å². The molecular formula is C16H19N3O2. The van der Waals surface area contributed by atoms with Crippen molar-refractivity contribution in [1.29, 1.82) is 0 Å². The summed E-state index contributed by atoms with van der Waals surface area (Å²) in [6.45, 7) is 0.407.